The van der Waals surface area contributed by atoms with E-state index < -0.39 is 0 Å². The van der Waals surface area contributed by atoms with E-state index in [1.807, 2.05) is 0 Å². The standard InChI is InChI=1S/C20H29N3O2/c1-3-21-20(23-8-9-25-15(12-23)13-24-2)22-11-18-17-10-14-6-4-5-7-16(14)19(17)18/h4-7,15,17-19H,3,8-13H2,1-2H3,(H,21,22). The number of benzene rings is 1. The fraction of sp³-hybridized carbons (Fsp3) is 0.650. The molecular weight excluding hydrogens is 314 g/mol. The topological polar surface area (TPSA) is 46.1 Å². The summed E-state index contributed by atoms with van der Waals surface area (Å²) >= 11 is 0. The highest BCUT2D eigenvalue weighted by molar-refractivity contribution is 5.80. The van der Waals surface area contributed by atoms with Gasteiger partial charge in [-0.2, -0.15) is 0 Å². The molecule has 5 nitrogen and oxygen atoms in total. The van der Waals surface area contributed by atoms with E-state index in [1.165, 1.54) is 6.42 Å². The molecule has 1 aliphatic heterocycles. The maximum Gasteiger partial charge on any atom is 0.194 e. The van der Waals surface area contributed by atoms with Gasteiger partial charge in [-0.3, -0.25) is 4.99 Å². The third-order valence-corrected chi connectivity index (χ3v) is 5.78. The first kappa shape index (κ1) is 16.9. The Morgan fingerprint density at radius 2 is 2.28 bits per heavy atom. The van der Waals surface area contributed by atoms with E-state index in [0.717, 1.165) is 56.5 Å². The highest BCUT2D eigenvalue weighted by Gasteiger charge is 2.55. The van der Waals surface area contributed by atoms with Gasteiger partial charge < -0.3 is 19.7 Å². The zero-order valence-electron chi connectivity index (χ0n) is 15.3. The van der Waals surface area contributed by atoms with Crippen LogP contribution in [-0.4, -0.2) is 63.5 Å². The zero-order chi connectivity index (χ0) is 17.2. The number of hydrogen-bond acceptors (Lipinski definition) is 3. The number of nitrogens with zero attached hydrogens (tertiary/aromatic N) is 2. The normalized spacial score (nSPS) is 30.8. The third kappa shape index (κ3) is 3.40. The minimum atomic E-state index is 0.134. The lowest BCUT2D eigenvalue weighted by atomic mass is 10.0. The lowest BCUT2D eigenvalue weighted by molar-refractivity contribution is -0.0447. The second-order valence-electron chi connectivity index (χ2n) is 7.35. The Kier molecular flexibility index (Phi) is 4.95. The lowest BCUT2D eigenvalue weighted by Crippen LogP contribution is -2.51. The predicted molar refractivity (Wildman–Crippen MR) is 99.0 cm³/mol. The summed E-state index contributed by atoms with van der Waals surface area (Å²) in [4.78, 5) is 7.31. The number of methoxy groups -OCH3 is 1. The number of ether oxygens (including phenoxy) is 2. The number of rotatable bonds is 5. The molecule has 0 aromatic heterocycles. The number of nitrogens with one attached hydrogen (secondary N) is 1. The number of fused-ring (bicyclic) bond motifs is 3. The Morgan fingerprint density at radius 3 is 3.12 bits per heavy atom. The molecule has 1 saturated heterocycles. The van der Waals surface area contributed by atoms with Gasteiger partial charge in [0.1, 0.15) is 0 Å². The van der Waals surface area contributed by atoms with E-state index in [2.05, 4.69) is 41.4 Å². The summed E-state index contributed by atoms with van der Waals surface area (Å²) in [6, 6.07) is 8.93. The molecule has 2 fully saturated rings. The first-order valence-corrected chi connectivity index (χ1v) is 9.53. The van der Waals surface area contributed by atoms with Crippen LogP contribution in [0.3, 0.4) is 0 Å². The molecule has 0 spiro atoms. The van der Waals surface area contributed by atoms with Gasteiger partial charge in [0.05, 0.1) is 19.3 Å². The van der Waals surface area contributed by atoms with Crippen LogP contribution in [0.4, 0.5) is 0 Å². The Balaban J connectivity index is 1.39. The maximum atomic E-state index is 5.77. The summed E-state index contributed by atoms with van der Waals surface area (Å²) < 4.78 is 11.0. The molecule has 4 unspecified atom stereocenters. The van der Waals surface area contributed by atoms with Crippen LogP contribution in [0.15, 0.2) is 29.3 Å². The highest BCUT2D eigenvalue weighted by Crippen LogP contribution is 2.61. The monoisotopic (exact) mass is 343 g/mol. The summed E-state index contributed by atoms with van der Waals surface area (Å²) in [5, 5.41) is 3.46. The summed E-state index contributed by atoms with van der Waals surface area (Å²) in [6.45, 7) is 7.07. The second-order valence-corrected chi connectivity index (χ2v) is 7.35. The molecule has 0 bridgehead atoms. The van der Waals surface area contributed by atoms with Crippen LogP contribution < -0.4 is 5.32 Å². The molecule has 1 saturated carbocycles. The minimum Gasteiger partial charge on any atom is -0.382 e. The molecule has 0 radical (unpaired) electrons. The van der Waals surface area contributed by atoms with Crippen LogP contribution in [0.1, 0.15) is 24.0 Å². The van der Waals surface area contributed by atoms with Gasteiger partial charge in [-0.25, -0.2) is 0 Å². The van der Waals surface area contributed by atoms with Crippen molar-refractivity contribution >= 4 is 5.96 Å². The van der Waals surface area contributed by atoms with E-state index in [9.17, 15) is 0 Å². The van der Waals surface area contributed by atoms with Crippen LogP contribution in [0.5, 0.6) is 0 Å². The van der Waals surface area contributed by atoms with Crippen LogP contribution >= 0.6 is 0 Å². The van der Waals surface area contributed by atoms with Gasteiger partial charge >= 0.3 is 0 Å². The van der Waals surface area contributed by atoms with Crippen LogP contribution in [0, 0.1) is 11.8 Å². The Hall–Kier alpha value is -1.59. The van der Waals surface area contributed by atoms with E-state index in [4.69, 9.17) is 14.5 Å². The molecule has 0 amide bonds. The largest absolute Gasteiger partial charge is 0.382 e. The third-order valence-electron chi connectivity index (χ3n) is 5.78. The van der Waals surface area contributed by atoms with Crippen molar-refractivity contribution < 1.29 is 9.47 Å². The zero-order valence-corrected chi connectivity index (χ0v) is 15.3. The molecule has 1 N–H and O–H groups in total. The van der Waals surface area contributed by atoms with Gasteiger partial charge in [-0.05, 0) is 42.2 Å². The molecule has 4 rings (SSSR count). The number of guanidine groups is 1. The fourth-order valence-corrected chi connectivity index (χ4v) is 4.55. The van der Waals surface area contributed by atoms with Gasteiger partial charge in [0.25, 0.3) is 0 Å². The smallest absolute Gasteiger partial charge is 0.194 e. The number of aliphatic imine (C=N–C) groups is 1. The number of hydrogen-bond donors (Lipinski definition) is 1. The maximum absolute atomic E-state index is 5.77. The van der Waals surface area contributed by atoms with E-state index >= 15 is 0 Å². The van der Waals surface area contributed by atoms with Gasteiger partial charge in [-0.1, -0.05) is 24.3 Å². The van der Waals surface area contributed by atoms with Crippen LogP contribution in [-0.2, 0) is 15.9 Å². The predicted octanol–water partition coefficient (Wildman–Crippen LogP) is 1.89. The van der Waals surface area contributed by atoms with Gasteiger partial charge in [-0.15, -0.1) is 0 Å². The van der Waals surface area contributed by atoms with Crippen molar-refractivity contribution in [2.45, 2.75) is 25.4 Å². The SMILES string of the molecule is CCNC(=NCC1C2Cc3ccccc3C12)N1CCOC(COC)C1. The van der Waals surface area contributed by atoms with Crippen LogP contribution in [0.25, 0.3) is 0 Å². The molecule has 5 heteroatoms. The molecule has 3 aliphatic rings. The van der Waals surface area contributed by atoms with Crippen molar-refractivity contribution in [3.63, 3.8) is 0 Å². The van der Waals surface area contributed by atoms with E-state index in [1.54, 1.807) is 18.2 Å². The summed E-state index contributed by atoms with van der Waals surface area (Å²) in [5.74, 6) is 3.31. The van der Waals surface area contributed by atoms with Crippen molar-refractivity contribution in [1.82, 2.24) is 10.2 Å². The summed E-state index contributed by atoms with van der Waals surface area (Å²) in [5.41, 5.74) is 3.13. The van der Waals surface area contributed by atoms with Crippen molar-refractivity contribution in [2.75, 3.05) is 46.5 Å². The molecule has 2 aliphatic carbocycles. The first-order valence-electron chi connectivity index (χ1n) is 9.53. The first-order chi connectivity index (χ1) is 12.3. The van der Waals surface area contributed by atoms with Crippen molar-refractivity contribution in [1.29, 1.82) is 0 Å². The van der Waals surface area contributed by atoms with Crippen molar-refractivity contribution in [3.8, 4) is 0 Å². The fourth-order valence-electron chi connectivity index (χ4n) is 4.55. The highest BCUT2D eigenvalue weighted by atomic mass is 16.5. The Morgan fingerprint density at radius 1 is 1.40 bits per heavy atom. The average molecular weight is 343 g/mol. The van der Waals surface area contributed by atoms with Crippen molar-refractivity contribution in [3.05, 3.63) is 35.4 Å². The van der Waals surface area contributed by atoms with E-state index in [-0.39, 0.29) is 6.10 Å². The average Bonchev–Trinajstić information content (AvgIpc) is 3.17. The molecule has 136 valence electrons. The molecular formula is C20H29N3O2. The molecule has 1 aromatic carbocycles. The Bertz CT molecular complexity index is 631. The summed E-state index contributed by atoms with van der Waals surface area (Å²) in [6.07, 6.45) is 1.38. The molecule has 1 heterocycles. The van der Waals surface area contributed by atoms with Gasteiger partial charge in [0.2, 0.25) is 0 Å². The van der Waals surface area contributed by atoms with E-state index in [0.29, 0.717) is 6.61 Å². The molecule has 4 atom stereocenters. The van der Waals surface area contributed by atoms with Crippen LogP contribution in [0.2, 0.25) is 0 Å². The molecule has 1 aromatic rings. The second kappa shape index (κ2) is 7.34. The Labute approximate surface area is 150 Å². The minimum absolute atomic E-state index is 0.134. The quantitative estimate of drug-likeness (QED) is 0.655. The summed E-state index contributed by atoms with van der Waals surface area (Å²) in [7, 11) is 1.73. The number of morpholine rings is 1. The lowest BCUT2D eigenvalue weighted by Gasteiger charge is -2.34. The molecule has 25 heavy (non-hydrogen) atoms. The van der Waals surface area contributed by atoms with Gasteiger partial charge in [0, 0.05) is 33.3 Å². The van der Waals surface area contributed by atoms with Crippen molar-refractivity contribution in [2.24, 2.45) is 16.8 Å². The van der Waals surface area contributed by atoms with Gasteiger partial charge in [0.15, 0.2) is 5.96 Å².